The number of aromatic nitrogens is 1. The van der Waals surface area contributed by atoms with Gasteiger partial charge in [-0.3, -0.25) is 0 Å². The highest BCUT2D eigenvalue weighted by Crippen LogP contribution is 2.32. The zero-order valence-corrected chi connectivity index (χ0v) is 14.4. The second-order valence-corrected chi connectivity index (χ2v) is 6.98. The molecular formula is C16H21N3OS2. The molecule has 118 valence electrons. The molecule has 1 N–H and O–H groups in total. The molecule has 0 amide bonds. The Balaban J connectivity index is 1.66. The number of benzene rings is 1. The quantitative estimate of drug-likeness (QED) is 0.687. The van der Waals surface area contributed by atoms with Crippen LogP contribution in [0.3, 0.4) is 0 Å². The van der Waals surface area contributed by atoms with Gasteiger partial charge < -0.3 is 15.0 Å². The standard InChI is InChI=1S/C16H21N3OS2/c1-20-10-8-17-16(21)19-9-4-5-12(11-19)15-18-13-6-2-3-7-14(13)22-15/h2-3,6-7,12H,4-5,8-11H2,1H3,(H,17,21). The Morgan fingerprint density at radius 1 is 1.50 bits per heavy atom. The third-order valence-electron chi connectivity index (χ3n) is 3.95. The van der Waals surface area contributed by atoms with Crippen molar-refractivity contribution < 1.29 is 4.74 Å². The van der Waals surface area contributed by atoms with Crippen LogP contribution in [0, 0.1) is 0 Å². The largest absolute Gasteiger partial charge is 0.383 e. The second-order valence-electron chi connectivity index (χ2n) is 5.53. The van der Waals surface area contributed by atoms with E-state index in [9.17, 15) is 0 Å². The van der Waals surface area contributed by atoms with Crippen molar-refractivity contribution in [2.24, 2.45) is 0 Å². The molecule has 6 heteroatoms. The Morgan fingerprint density at radius 2 is 2.36 bits per heavy atom. The van der Waals surface area contributed by atoms with Gasteiger partial charge in [-0.25, -0.2) is 4.98 Å². The minimum atomic E-state index is 0.480. The number of thiazole rings is 1. The molecule has 0 bridgehead atoms. The highest BCUT2D eigenvalue weighted by Gasteiger charge is 2.25. The van der Waals surface area contributed by atoms with Crippen LogP contribution in [0.4, 0.5) is 0 Å². The van der Waals surface area contributed by atoms with E-state index in [4.69, 9.17) is 21.9 Å². The van der Waals surface area contributed by atoms with E-state index in [1.165, 1.54) is 16.1 Å². The van der Waals surface area contributed by atoms with E-state index >= 15 is 0 Å². The third kappa shape index (κ3) is 3.56. The van der Waals surface area contributed by atoms with Crippen LogP contribution in [-0.4, -0.2) is 48.3 Å². The summed E-state index contributed by atoms with van der Waals surface area (Å²) in [7, 11) is 1.70. The maximum atomic E-state index is 5.50. The minimum absolute atomic E-state index is 0.480. The van der Waals surface area contributed by atoms with Crippen molar-refractivity contribution in [3.8, 4) is 0 Å². The molecule has 0 radical (unpaired) electrons. The summed E-state index contributed by atoms with van der Waals surface area (Å²) in [5, 5.41) is 5.34. The van der Waals surface area contributed by atoms with Crippen molar-refractivity contribution in [3.63, 3.8) is 0 Å². The van der Waals surface area contributed by atoms with Crippen LogP contribution in [0.5, 0.6) is 0 Å². The number of rotatable bonds is 4. The molecular weight excluding hydrogens is 314 g/mol. The van der Waals surface area contributed by atoms with Crippen LogP contribution in [-0.2, 0) is 4.74 Å². The van der Waals surface area contributed by atoms with Gasteiger partial charge in [-0.15, -0.1) is 11.3 Å². The molecule has 2 heterocycles. The van der Waals surface area contributed by atoms with Gasteiger partial charge in [0.25, 0.3) is 0 Å². The van der Waals surface area contributed by atoms with E-state index in [1.807, 2.05) is 17.4 Å². The Kier molecular flexibility index (Phi) is 5.23. The van der Waals surface area contributed by atoms with E-state index in [0.717, 1.165) is 36.7 Å². The SMILES string of the molecule is COCCNC(=S)N1CCCC(c2nc3ccccc3s2)C1. The van der Waals surface area contributed by atoms with Gasteiger partial charge in [0.05, 0.1) is 21.8 Å². The molecule has 2 aromatic rings. The maximum absolute atomic E-state index is 5.50. The number of fused-ring (bicyclic) bond motifs is 1. The number of ether oxygens (including phenoxy) is 1. The number of likely N-dealkylation sites (tertiary alicyclic amines) is 1. The molecule has 4 nitrogen and oxygen atoms in total. The highest BCUT2D eigenvalue weighted by atomic mass is 32.1. The lowest BCUT2D eigenvalue weighted by atomic mass is 9.99. The average Bonchev–Trinajstić information content (AvgIpc) is 2.99. The number of hydrogen-bond acceptors (Lipinski definition) is 4. The van der Waals surface area contributed by atoms with Crippen LogP contribution in [0.1, 0.15) is 23.8 Å². The highest BCUT2D eigenvalue weighted by molar-refractivity contribution is 7.80. The smallest absolute Gasteiger partial charge is 0.169 e. The van der Waals surface area contributed by atoms with Crippen molar-refractivity contribution in [1.29, 1.82) is 0 Å². The predicted octanol–water partition coefficient (Wildman–Crippen LogP) is 3.00. The molecule has 1 fully saturated rings. The fourth-order valence-electron chi connectivity index (χ4n) is 2.80. The second kappa shape index (κ2) is 7.35. The normalized spacial score (nSPS) is 18.6. The van der Waals surface area contributed by atoms with Gasteiger partial charge >= 0.3 is 0 Å². The molecule has 1 unspecified atom stereocenters. The number of thiocarbonyl (C=S) groups is 1. The number of para-hydroxylation sites is 1. The first-order chi connectivity index (χ1) is 10.8. The molecule has 3 rings (SSSR count). The van der Waals surface area contributed by atoms with Gasteiger partial charge in [0.2, 0.25) is 0 Å². The van der Waals surface area contributed by atoms with Gasteiger partial charge in [0.1, 0.15) is 0 Å². The van der Waals surface area contributed by atoms with Crippen LogP contribution in [0.2, 0.25) is 0 Å². The van der Waals surface area contributed by atoms with Crippen LogP contribution >= 0.6 is 23.6 Å². The first kappa shape index (κ1) is 15.6. The molecule has 1 aliphatic heterocycles. The van der Waals surface area contributed by atoms with Crippen LogP contribution in [0.25, 0.3) is 10.2 Å². The van der Waals surface area contributed by atoms with Gasteiger partial charge in [-0.05, 0) is 37.2 Å². The number of piperidine rings is 1. The van der Waals surface area contributed by atoms with Crippen LogP contribution in [0.15, 0.2) is 24.3 Å². The Bertz CT molecular complexity index is 610. The van der Waals surface area contributed by atoms with Gasteiger partial charge in [0.15, 0.2) is 5.11 Å². The molecule has 1 aliphatic rings. The van der Waals surface area contributed by atoms with Crippen molar-refractivity contribution in [2.45, 2.75) is 18.8 Å². The van der Waals surface area contributed by atoms with Crippen molar-refractivity contribution >= 4 is 38.9 Å². The fraction of sp³-hybridized carbons (Fsp3) is 0.500. The maximum Gasteiger partial charge on any atom is 0.169 e. The average molecular weight is 335 g/mol. The summed E-state index contributed by atoms with van der Waals surface area (Å²) in [6, 6.07) is 8.36. The minimum Gasteiger partial charge on any atom is -0.383 e. The van der Waals surface area contributed by atoms with E-state index < -0.39 is 0 Å². The summed E-state index contributed by atoms with van der Waals surface area (Å²) in [5.41, 5.74) is 1.11. The summed E-state index contributed by atoms with van der Waals surface area (Å²) < 4.78 is 6.33. The summed E-state index contributed by atoms with van der Waals surface area (Å²) in [6.07, 6.45) is 2.35. The Morgan fingerprint density at radius 3 is 3.18 bits per heavy atom. The summed E-state index contributed by atoms with van der Waals surface area (Å²) in [4.78, 5) is 7.08. The number of hydrogen-bond donors (Lipinski definition) is 1. The number of nitrogens with zero attached hydrogens (tertiary/aromatic N) is 2. The molecule has 22 heavy (non-hydrogen) atoms. The predicted molar refractivity (Wildman–Crippen MR) is 95.6 cm³/mol. The number of nitrogens with one attached hydrogen (secondary N) is 1. The summed E-state index contributed by atoms with van der Waals surface area (Å²) >= 11 is 7.31. The van der Waals surface area contributed by atoms with E-state index in [0.29, 0.717) is 12.5 Å². The molecule has 0 saturated carbocycles. The van der Waals surface area contributed by atoms with Crippen LogP contribution < -0.4 is 5.32 Å². The van der Waals surface area contributed by atoms with Crippen molar-refractivity contribution in [2.75, 3.05) is 33.4 Å². The first-order valence-corrected chi connectivity index (χ1v) is 8.87. The van der Waals surface area contributed by atoms with Gasteiger partial charge in [-0.2, -0.15) is 0 Å². The molecule has 1 aromatic carbocycles. The van der Waals surface area contributed by atoms with Gasteiger partial charge in [0, 0.05) is 32.7 Å². The summed E-state index contributed by atoms with van der Waals surface area (Å²) in [5.74, 6) is 0.480. The zero-order valence-electron chi connectivity index (χ0n) is 12.7. The molecule has 1 saturated heterocycles. The van der Waals surface area contributed by atoms with Gasteiger partial charge in [-0.1, -0.05) is 12.1 Å². The molecule has 0 aliphatic carbocycles. The van der Waals surface area contributed by atoms with E-state index in [-0.39, 0.29) is 0 Å². The number of methoxy groups -OCH3 is 1. The Hall–Kier alpha value is -1.24. The summed E-state index contributed by atoms with van der Waals surface area (Å²) in [6.45, 7) is 3.42. The monoisotopic (exact) mass is 335 g/mol. The Labute approximate surface area is 140 Å². The molecule has 1 aromatic heterocycles. The van der Waals surface area contributed by atoms with E-state index in [1.54, 1.807) is 7.11 Å². The topological polar surface area (TPSA) is 37.4 Å². The fourth-order valence-corrected chi connectivity index (χ4v) is 4.16. The third-order valence-corrected chi connectivity index (χ3v) is 5.55. The first-order valence-electron chi connectivity index (χ1n) is 7.65. The lowest BCUT2D eigenvalue weighted by molar-refractivity contribution is 0.202. The molecule has 1 atom stereocenters. The van der Waals surface area contributed by atoms with Crippen molar-refractivity contribution in [3.05, 3.63) is 29.3 Å². The zero-order chi connectivity index (χ0) is 15.4. The molecule has 0 spiro atoms. The van der Waals surface area contributed by atoms with E-state index in [2.05, 4.69) is 28.4 Å². The van der Waals surface area contributed by atoms with Crippen molar-refractivity contribution in [1.82, 2.24) is 15.2 Å². The lowest BCUT2D eigenvalue weighted by Gasteiger charge is -2.33. The lowest BCUT2D eigenvalue weighted by Crippen LogP contribution is -2.45.